The Hall–Kier alpha value is -2.45. The van der Waals surface area contributed by atoms with Crippen molar-refractivity contribution in [3.63, 3.8) is 0 Å². The number of ether oxygens (including phenoxy) is 4. The summed E-state index contributed by atoms with van der Waals surface area (Å²) in [4.78, 5) is 0.175. The molecule has 0 saturated heterocycles. The predicted octanol–water partition coefficient (Wildman–Crippen LogP) is 3.46. The molecule has 29 heavy (non-hydrogen) atoms. The first-order valence-corrected chi connectivity index (χ1v) is 10.8. The van der Waals surface area contributed by atoms with Crippen molar-refractivity contribution in [2.45, 2.75) is 36.7 Å². The Kier molecular flexibility index (Phi) is 6.54. The zero-order valence-corrected chi connectivity index (χ0v) is 18.0. The highest BCUT2D eigenvalue weighted by molar-refractivity contribution is 7.89. The smallest absolute Gasteiger partial charge is 0.243 e. The van der Waals surface area contributed by atoms with Crippen LogP contribution in [0.15, 0.2) is 41.3 Å². The van der Waals surface area contributed by atoms with E-state index in [0.29, 0.717) is 23.0 Å². The number of sulfonamides is 1. The van der Waals surface area contributed by atoms with Gasteiger partial charge in [0.1, 0.15) is 11.5 Å². The van der Waals surface area contributed by atoms with Crippen LogP contribution in [0.25, 0.3) is 0 Å². The first kappa shape index (κ1) is 21.3. The highest BCUT2D eigenvalue weighted by Gasteiger charge is 2.36. The van der Waals surface area contributed by atoms with E-state index in [1.807, 2.05) is 6.07 Å². The molecule has 0 N–H and O–H groups in total. The molecule has 0 bridgehead atoms. The molecule has 158 valence electrons. The van der Waals surface area contributed by atoms with Gasteiger partial charge >= 0.3 is 0 Å². The van der Waals surface area contributed by atoms with Gasteiger partial charge in [0.15, 0.2) is 11.5 Å². The second-order valence-corrected chi connectivity index (χ2v) is 8.72. The van der Waals surface area contributed by atoms with Crippen LogP contribution in [-0.4, -0.2) is 47.2 Å². The molecule has 0 unspecified atom stereocenters. The van der Waals surface area contributed by atoms with Crippen molar-refractivity contribution in [1.29, 1.82) is 0 Å². The van der Waals surface area contributed by atoms with Crippen LogP contribution >= 0.6 is 0 Å². The van der Waals surface area contributed by atoms with Crippen molar-refractivity contribution >= 4 is 10.0 Å². The van der Waals surface area contributed by atoms with Gasteiger partial charge in [0.25, 0.3) is 0 Å². The standard InChI is InChI=1S/C21H27NO6S/c1-25-17-9-8-15(20(12-17)27-3)14-22(16-6-5-7-16)29(23,24)18-10-11-19(26-2)21(13-18)28-4/h8-13,16H,5-7,14H2,1-4H3. The quantitative estimate of drug-likeness (QED) is 0.617. The van der Waals surface area contributed by atoms with E-state index in [4.69, 9.17) is 18.9 Å². The minimum atomic E-state index is -3.75. The molecule has 2 aromatic rings. The highest BCUT2D eigenvalue weighted by atomic mass is 32.2. The molecule has 0 heterocycles. The van der Waals surface area contributed by atoms with Crippen LogP contribution in [0.3, 0.4) is 0 Å². The van der Waals surface area contributed by atoms with Crippen molar-refractivity contribution < 1.29 is 27.4 Å². The van der Waals surface area contributed by atoms with Crippen LogP contribution in [0.4, 0.5) is 0 Å². The third-order valence-corrected chi connectivity index (χ3v) is 7.16. The molecule has 0 radical (unpaired) electrons. The molecule has 7 nitrogen and oxygen atoms in total. The van der Waals surface area contributed by atoms with Gasteiger partial charge in [-0.05, 0) is 31.0 Å². The van der Waals surface area contributed by atoms with Crippen LogP contribution in [0.2, 0.25) is 0 Å². The van der Waals surface area contributed by atoms with Gasteiger partial charge in [-0.2, -0.15) is 4.31 Å². The van der Waals surface area contributed by atoms with Gasteiger partial charge < -0.3 is 18.9 Å². The first-order chi connectivity index (χ1) is 13.9. The van der Waals surface area contributed by atoms with Crippen molar-refractivity contribution in [3.8, 4) is 23.0 Å². The minimum absolute atomic E-state index is 0.0418. The van der Waals surface area contributed by atoms with Crippen LogP contribution in [0, 0.1) is 0 Å². The fourth-order valence-electron chi connectivity index (χ4n) is 3.35. The van der Waals surface area contributed by atoms with Crippen LogP contribution in [0.1, 0.15) is 24.8 Å². The maximum Gasteiger partial charge on any atom is 0.243 e. The second-order valence-electron chi connectivity index (χ2n) is 6.83. The summed E-state index contributed by atoms with van der Waals surface area (Å²) in [7, 11) is 2.40. The molecule has 1 aliphatic rings. The van der Waals surface area contributed by atoms with Gasteiger partial charge in [-0.15, -0.1) is 0 Å². The molecule has 1 aliphatic carbocycles. The summed E-state index contributed by atoms with van der Waals surface area (Å²) >= 11 is 0. The van der Waals surface area contributed by atoms with Gasteiger partial charge in [0, 0.05) is 30.3 Å². The molecule has 2 aromatic carbocycles. The number of methoxy groups -OCH3 is 4. The third-order valence-electron chi connectivity index (χ3n) is 5.26. The minimum Gasteiger partial charge on any atom is -0.497 e. The molecule has 1 fully saturated rings. The van der Waals surface area contributed by atoms with E-state index in [0.717, 1.165) is 24.8 Å². The normalized spacial score (nSPS) is 14.4. The Labute approximate surface area is 172 Å². The zero-order valence-electron chi connectivity index (χ0n) is 17.2. The molecule has 0 atom stereocenters. The summed E-state index contributed by atoms with van der Waals surface area (Å²) < 4.78 is 49.8. The Morgan fingerprint density at radius 2 is 1.55 bits per heavy atom. The van der Waals surface area contributed by atoms with Crippen molar-refractivity contribution in [2.75, 3.05) is 28.4 Å². The monoisotopic (exact) mass is 421 g/mol. The Bertz CT molecular complexity index is 956. The SMILES string of the molecule is COc1ccc(CN(C2CCC2)S(=O)(=O)c2ccc(OC)c(OC)c2)c(OC)c1. The molecule has 0 amide bonds. The Morgan fingerprint density at radius 3 is 2.10 bits per heavy atom. The lowest BCUT2D eigenvalue weighted by atomic mass is 9.93. The van der Waals surface area contributed by atoms with E-state index < -0.39 is 10.0 Å². The van der Waals surface area contributed by atoms with E-state index in [2.05, 4.69) is 0 Å². The van der Waals surface area contributed by atoms with Gasteiger partial charge in [0.2, 0.25) is 10.0 Å². The largest absolute Gasteiger partial charge is 0.497 e. The lowest BCUT2D eigenvalue weighted by Crippen LogP contribution is -2.43. The maximum atomic E-state index is 13.5. The average Bonchev–Trinajstić information content (AvgIpc) is 2.71. The molecule has 0 spiro atoms. The predicted molar refractivity (Wildman–Crippen MR) is 109 cm³/mol. The van der Waals surface area contributed by atoms with Crippen LogP contribution in [-0.2, 0) is 16.6 Å². The van der Waals surface area contributed by atoms with E-state index in [1.165, 1.54) is 20.3 Å². The summed E-state index contributed by atoms with van der Waals surface area (Å²) in [6, 6.07) is 10.0. The topological polar surface area (TPSA) is 74.3 Å². The van der Waals surface area contributed by atoms with Gasteiger partial charge in [0.05, 0.1) is 33.3 Å². The molecule has 0 aliphatic heterocycles. The number of rotatable bonds is 9. The van der Waals surface area contributed by atoms with E-state index >= 15 is 0 Å². The fraction of sp³-hybridized carbons (Fsp3) is 0.429. The summed E-state index contributed by atoms with van der Waals surface area (Å²) in [5.74, 6) is 2.11. The van der Waals surface area contributed by atoms with Gasteiger partial charge in [-0.25, -0.2) is 8.42 Å². The fourth-order valence-corrected chi connectivity index (χ4v) is 5.03. The van der Waals surface area contributed by atoms with Crippen molar-refractivity contribution in [2.24, 2.45) is 0 Å². The van der Waals surface area contributed by atoms with Gasteiger partial charge in [-0.3, -0.25) is 0 Å². The summed E-state index contributed by atoms with van der Waals surface area (Å²) in [6.07, 6.45) is 2.69. The highest BCUT2D eigenvalue weighted by Crippen LogP contribution is 2.36. The number of benzene rings is 2. The van der Waals surface area contributed by atoms with E-state index in [9.17, 15) is 8.42 Å². The number of hydrogen-bond acceptors (Lipinski definition) is 6. The first-order valence-electron chi connectivity index (χ1n) is 9.39. The van der Waals surface area contributed by atoms with E-state index in [1.54, 1.807) is 42.8 Å². The second kappa shape index (κ2) is 8.92. The summed E-state index contributed by atoms with van der Waals surface area (Å²) in [5, 5.41) is 0. The maximum absolute atomic E-state index is 13.5. The van der Waals surface area contributed by atoms with Crippen LogP contribution < -0.4 is 18.9 Å². The van der Waals surface area contributed by atoms with Crippen molar-refractivity contribution in [3.05, 3.63) is 42.0 Å². The molecular weight excluding hydrogens is 394 g/mol. The molecule has 3 rings (SSSR count). The molecule has 8 heteroatoms. The molecule has 0 aromatic heterocycles. The van der Waals surface area contributed by atoms with Gasteiger partial charge in [-0.1, -0.05) is 12.5 Å². The lowest BCUT2D eigenvalue weighted by Gasteiger charge is -2.37. The zero-order chi connectivity index (χ0) is 21.0. The number of nitrogens with zero attached hydrogens (tertiary/aromatic N) is 1. The third kappa shape index (κ3) is 4.28. The lowest BCUT2D eigenvalue weighted by molar-refractivity contribution is 0.212. The Balaban J connectivity index is 1.99. The van der Waals surface area contributed by atoms with E-state index in [-0.39, 0.29) is 17.5 Å². The molecule has 1 saturated carbocycles. The Morgan fingerprint density at radius 1 is 0.862 bits per heavy atom. The summed E-state index contributed by atoms with van der Waals surface area (Å²) in [5.41, 5.74) is 0.782. The van der Waals surface area contributed by atoms with Crippen LogP contribution in [0.5, 0.6) is 23.0 Å². The summed E-state index contributed by atoms with van der Waals surface area (Å²) in [6.45, 7) is 0.217. The molecular formula is C21H27NO6S. The average molecular weight is 422 g/mol. The number of hydrogen-bond donors (Lipinski definition) is 0. The van der Waals surface area contributed by atoms with Crippen molar-refractivity contribution in [1.82, 2.24) is 4.31 Å².